The zero-order valence-corrected chi connectivity index (χ0v) is 7.81. The Labute approximate surface area is 77.5 Å². The van der Waals surface area contributed by atoms with E-state index in [2.05, 4.69) is 0 Å². The zero-order valence-electron chi connectivity index (χ0n) is 7.05. The first kappa shape index (κ1) is 9.52. The van der Waals surface area contributed by atoms with Gasteiger partial charge in [-0.25, -0.2) is 0 Å². The van der Waals surface area contributed by atoms with Crippen LogP contribution in [0.1, 0.15) is 17.2 Å². The van der Waals surface area contributed by atoms with Gasteiger partial charge in [0.05, 0.1) is 0 Å². The van der Waals surface area contributed by atoms with Crippen LogP contribution in [-0.4, -0.2) is 6.54 Å². The van der Waals surface area contributed by atoms with Crippen molar-refractivity contribution in [1.82, 2.24) is 0 Å². The van der Waals surface area contributed by atoms with Gasteiger partial charge in [0.25, 0.3) is 0 Å². The van der Waals surface area contributed by atoms with Crippen LogP contribution in [0.25, 0.3) is 0 Å². The highest BCUT2D eigenvalue weighted by molar-refractivity contribution is 6.31. The van der Waals surface area contributed by atoms with Gasteiger partial charge in [0, 0.05) is 17.6 Å². The molecule has 0 bridgehead atoms. The molecule has 0 aromatic heterocycles. The van der Waals surface area contributed by atoms with E-state index < -0.39 is 0 Å². The molecule has 1 rings (SSSR count). The average Bonchev–Trinajstić information content (AvgIpc) is 2.08. The summed E-state index contributed by atoms with van der Waals surface area (Å²) in [7, 11) is 0. The second-order valence-electron chi connectivity index (χ2n) is 2.80. The van der Waals surface area contributed by atoms with E-state index in [1.165, 1.54) is 0 Å². The summed E-state index contributed by atoms with van der Waals surface area (Å²) in [4.78, 5) is 0. The van der Waals surface area contributed by atoms with Gasteiger partial charge < -0.3 is 11.5 Å². The Kier molecular flexibility index (Phi) is 3.09. The Morgan fingerprint density at radius 2 is 2.17 bits per heavy atom. The quantitative estimate of drug-likeness (QED) is 0.734. The summed E-state index contributed by atoms with van der Waals surface area (Å²) in [5.74, 6) is 0. The van der Waals surface area contributed by atoms with Gasteiger partial charge in [0.1, 0.15) is 0 Å². The molecule has 0 aliphatic heterocycles. The smallest absolute Gasteiger partial charge is 0.0438 e. The third-order valence-corrected chi connectivity index (χ3v) is 2.37. The summed E-state index contributed by atoms with van der Waals surface area (Å²) in [5, 5.41) is 0.747. The molecular formula is C9H13ClN2. The molecule has 4 N–H and O–H groups in total. The van der Waals surface area contributed by atoms with Crippen LogP contribution in [0.3, 0.4) is 0 Å². The molecule has 3 heteroatoms. The average molecular weight is 185 g/mol. The van der Waals surface area contributed by atoms with Crippen LogP contribution in [0.4, 0.5) is 0 Å². The first-order valence-corrected chi connectivity index (χ1v) is 4.25. The minimum atomic E-state index is -0.108. The molecule has 12 heavy (non-hydrogen) atoms. The molecular weight excluding hydrogens is 172 g/mol. The molecule has 0 saturated carbocycles. The molecule has 0 radical (unpaired) electrons. The lowest BCUT2D eigenvalue weighted by Crippen LogP contribution is -2.21. The minimum absolute atomic E-state index is 0.108. The number of rotatable bonds is 2. The fourth-order valence-corrected chi connectivity index (χ4v) is 1.33. The van der Waals surface area contributed by atoms with E-state index in [9.17, 15) is 0 Å². The SMILES string of the molecule is Cc1c(Cl)cccc1[C@H](N)CN. The first-order valence-electron chi connectivity index (χ1n) is 3.87. The molecule has 0 spiro atoms. The first-order chi connectivity index (χ1) is 5.66. The third kappa shape index (κ3) is 1.78. The Morgan fingerprint density at radius 1 is 1.50 bits per heavy atom. The maximum atomic E-state index is 5.92. The van der Waals surface area contributed by atoms with Crippen molar-refractivity contribution in [2.24, 2.45) is 11.5 Å². The highest BCUT2D eigenvalue weighted by Crippen LogP contribution is 2.22. The third-order valence-electron chi connectivity index (χ3n) is 1.96. The predicted molar refractivity (Wildman–Crippen MR) is 52.2 cm³/mol. The van der Waals surface area contributed by atoms with Gasteiger partial charge in [-0.3, -0.25) is 0 Å². The summed E-state index contributed by atoms with van der Waals surface area (Å²) in [5.41, 5.74) is 13.3. The van der Waals surface area contributed by atoms with Gasteiger partial charge in [0.15, 0.2) is 0 Å². The van der Waals surface area contributed by atoms with Gasteiger partial charge >= 0.3 is 0 Å². The van der Waals surface area contributed by atoms with Crippen LogP contribution >= 0.6 is 11.6 Å². The van der Waals surface area contributed by atoms with E-state index in [1.54, 1.807) is 0 Å². The van der Waals surface area contributed by atoms with Crippen LogP contribution < -0.4 is 11.5 Å². The van der Waals surface area contributed by atoms with Gasteiger partial charge in [-0.1, -0.05) is 23.7 Å². The maximum absolute atomic E-state index is 5.92. The van der Waals surface area contributed by atoms with Crippen LogP contribution in [-0.2, 0) is 0 Å². The number of benzene rings is 1. The van der Waals surface area contributed by atoms with E-state index in [1.807, 2.05) is 25.1 Å². The van der Waals surface area contributed by atoms with Crippen LogP contribution in [0.5, 0.6) is 0 Å². The van der Waals surface area contributed by atoms with Crippen molar-refractivity contribution in [2.75, 3.05) is 6.54 Å². The van der Waals surface area contributed by atoms with Gasteiger partial charge in [-0.15, -0.1) is 0 Å². The second-order valence-corrected chi connectivity index (χ2v) is 3.20. The lowest BCUT2D eigenvalue weighted by atomic mass is 10.0. The molecule has 0 unspecified atom stereocenters. The van der Waals surface area contributed by atoms with Crippen molar-refractivity contribution in [3.63, 3.8) is 0 Å². The Balaban J connectivity index is 3.07. The van der Waals surface area contributed by atoms with Gasteiger partial charge in [-0.2, -0.15) is 0 Å². The summed E-state index contributed by atoms with van der Waals surface area (Å²) in [6, 6.07) is 5.59. The molecule has 66 valence electrons. The summed E-state index contributed by atoms with van der Waals surface area (Å²) >= 11 is 5.92. The topological polar surface area (TPSA) is 52.0 Å². The second kappa shape index (κ2) is 3.90. The molecule has 2 nitrogen and oxygen atoms in total. The molecule has 0 heterocycles. The molecule has 0 amide bonds. The van der Waals surface area contributed by atoms with Crippen molar-refractivity contribution < 1.29 is 0 Å². The highest BCUT2D eigenvalue weighted by Gasteiger charge is 2.07. The van der Waals surface area contributed by atoms with E-state index in [-0.39, 0.29) is 6.04 Å². The van der Waals surface area contributed by atoms with Crippen molar-refractivity contribution in [2.45, 2.75) is 13.0 Å². The Bertz CT molecular complexity index is 273. The predicted octanol–water partition coefficient (Wildman–Crippen LogP) is 1.61. The van der Waals surface area contributed by atoms with E-state index in [0.717, 1.165) is 16.1 Å². The highest BCUT2D eigenvalue weighted by atomic mass is 35.5. The molecule has 0 saturated heterocycles. The monoisotopic (exact) mass is 184 g/mol. The largest absolute Gasteiger partial charge is 0.329 e. The maximum Gasteiger partial charge on any atom is 0.0438 e. The Morgan fingerprint density at radius 3 is 2.75 bits per heavy atom. The number of nitrogens with two attached hydrogens (primary N) is 2. The van der Waals surface area contributed by atoms with Crippen LogP contribution in [0, 0.1) is 6.92 Å². The van der Waals surface area contributed by atoms with E-state index in [4.69, 9.17) is 23.1 Å². The minimum Gasteiger partial charge on any atom is -0.329 e. The van der Waals surface area contributed by atoms with Crippen molar-refractivity contribution in [1.29, 1.82) is 0 Å². The fourth-order valence-electron chi connectivity index (χ4n) is 1.15. The summed E-state index contributed by atoms with van der Waals surface area (Å²) in [6.07, 6.45) is 0. The normalized spacial score (nSPS) is 13.0. The Hall–Kier alpha value is -0.570. The van der Waals surface area contributed by atoms with Crippen LogP contribution in [0.15, 0.2) is 18.2 Å². The molecule has 1 aromatic rings. The molecule has 0 aliphatic rings. The summed E-state index contributed by atoms with van der Waals surface area (Å²) in [6.45, 7) is 2.40. The number of hydrogen-bond acceptors (Lipinski definition) is 2. The standard InChI is InChI=1S/C9H13ClN2/c1-6-7(9(12)5-11)3-2-4-8(6)10/h2-4,9H,5,11-12H2,1H3/t9-/m1/s1. The van der Waals surface area contributed by atoms with Gasteiger partial charge in [-0.05, 0) is 24.1 Å². The van der Waals surface area contributed by atoms with E-state index in [0.29, 0.717) is 6.54 Å². The molecule has 0 fully saturated rings. The number of hydrogen-bond donors (Lipinski definition) is 2. The lowest BCUT2D eigenvalue weighted by Gasteiger charge is -2.12. The summed E-state index contributed by atoms with van der Waals surface area (Å²) < 4.78 is 0. The number of halogens is 1. The lowest BCUT2D eigenvalue weighted by molar-refractivity contribution is 0.732. The van der Waals surface area contributed by atoms with Crippen molar-refractivity contribution in [3.05, 3.63) is 34.3 Å². The van der Waals surface area contributed by atoms with E-state index >= 15 is 0 Å². The van der Waals surface area contributed by atoms with Crippen LogP contribution in [0.2, 0.25) is 5.02 Å². The van der Waals surface area contributed by atoms with Crippen molar-refractivity contribution in [3.8, 4) is 0 Å². The van der Waals surface area contributed by atoms with Gasteiger partial charge in [0.2, 0.25) is 0 Å². The zero-order chi connectivity index (χ0) is 9.14. The van der Waals surface area contributed by atoms with Crippen molar-refractivity contribution >= 4 is 11.6 Å². The molecule has 1 aromatic carbocycles. The molecule has 0 aliphatic carbocycles. The fraction of sp³-hybridized carbons (Fsp3) is 0.333. The molecule has 1 atom stereocenters.